The van der Waals surface area contributed by atoms with Gasteiger partial charge < -0.3 is 9.84 Å². The fourth-order valence-electron chi connectivity index (χ4n) is 2.00. The van der Waals surface area contributed by atoms with Gasteiger partial charge in [0.2, 0.25) is 5.91 Å². The zero-order valence-corrected chi connectivity index (χ0v) is 13.4. The molecule has 1 heterocycles. The van der Waals surface area contributed by atoms with Crippen LogP contribution in [0.4, 0.5) is 4.79 Å². The van der Waals surface area contributed by atoms with Crippen molar-refractivity contribution in [3.05, 3.63) is 22.2 Å². The Morgan fingerprint density at radius 2 is 2.20 bits per heavy atom. The maximum Gasteiger partial charge on any atom is 0.286 e. The lowest BCUT2D eigenvalue weighted by Gasteiger charge is -2.18. The highest BCUT2D eigenvalue weighted by molar-refractivity contribution is 9.10. The van der Waals surface area contributed by atoms with Crippen molar-refractivity contribution >= 4 is 38.8 Å². The summed E-state index contributed by atoms with van der Waals surface area (Å²) in [6.07, 6.45) is 0. The van der Waals surface area contributed by atoms with Gasteiger partial charge in [-0.25, -0.2) is 0 Å². The van der Waals surface area contributed by atoms with Gasteiger partial charge in [0.05, 0.1) is 16.3 Å². The molecule has 0 radical (unpaired) electrons. The number of carbonyl (C=O) groups excluding carboxylic acids is 2. The van der Waals surface area contributed by atoms with Crippen LogP contribution in [0.2, 0.25) is 0 Å². The van der Waals surface area contributed by atoms with Crippen LogP contribution in [0, 0.1) is 0 Å². The summed E-state index contributed by atoms with van der Waals surface area (Å²) in [6, 6.07) is 3.43. The molecular formula is C13H14BrNO4S. The number of ether oxygens (including phenoxy) is 1. The molecule has 2 amide bonds. The van der Waals surface area contributed by atoms with E-state index in [1.165, 1.54) is 0 Å². The van der Waals surface area contributed by atoms with Crippen LogP contribution in [0.3, 0.4) is 0 Å². The van der Waals surface area contributed by atoms with Gasteiger partial charge in [-0.1, -0.05) is 18.7 Å². The van der Waals surface area contributed by atoms with E-state index in [9.17, 15) is 14.7 Å². The predicted octanol–water partition coefficient (Wildman–Crippen LogP) is 3.01. The molecule has 0 aromatic heterocycles. The van der Waals surface area contributed by atoms with Crippen molar-refractivity contribution in [2.24, 2.45) is 0 Å². The lowest BCUT2D eigenvalue weighted by molar-refractivity contribution is -0.119. The number of nitrogens with one attached hydrogen (secondary N) is 1. The molecule has 2 unspecified atom stereocenters. The molecule has 1 aliphatic rings. The molecule has 0 bridgehead atoms. The first kappa shape index (κ1) is 15.2. The molecule has 1 aromatic carbocycles. The van der Waals surface area contributed by atoms with Gasteiger partial charge in [-0.05, 0) is 40.5 Å². The molecule has 1 aromatic rings. The number of hydrogen-bond donors (Lipinski definition) is 2. The Morgan fingerprint density at radius 3 is 2.75 bits per heavy atom. The average Bonchev–Trinajstić information content (AvgIpc) is 2.73. The largest absolute Gasteiger partial charge is 0.503 e. The lowest BCUT2D eigenvalue weighted by atomic mass is 9.96. The third-order valence-electron chi connectivity index (χ3n) is 3.05. The Kier molecular flexibility index (Phi) is 4.59. The zero-order valence-electron chi connectivity index (χ0n) is 11.0. The fourth-order valence-corrected chi connectivity index (χ4v) is 3.37. The van der Waals surface area contributed by atoms with E-state index in [1.807, 2.05) is 13.8 Å². The molecule has 7 heteroatoms. The smallest absolute Gasteiger partial charge is 0.286 e. The maximum atomic E-state index is 11.7. The summed E-state index contributed by atoms with van der Waals surface area (Å²) in [5.74, 6) is -0.0712. The number of thioether (sulfide) groups is 1. The first-order valence-corrected chi connectivity index (χ1v) is 7.78. The van der Waals surface area contributed by atoms with Gasteiger partial charge in [0, 0.05) is 5.92 Å². The fraction of sp³-hybridized carbons (Fsp3) is 0.385. The van der Waals surface area contributed by atoms with E-state index in [2.05, 4.69) is 21.2 Å². The van der Waals surface area contributed by atoms with Gasteiger partial charge in [0.15, 0.2) is 11.5 Å². The number of phenols is 1. The second kappa shape index (κ2) is 6.05. The Labute approximate surface area is 129 Å². The highest BCUT2D eigenvalue weighted by atomic mass is 79.9. The molecule has 1 aliphatic heterocycles. The van der Waals surface area contributed by atoms with Crippen LogP contribution in [0.1, 0.15) is 25.3 Å². The number of benzene rings is 1. The van der Waals surface area contributed by atoms with E-state index >= 15 is 0 Å². The number of aromatic hydroxyl groups is 1. The summed E-state index contributed by atoms with van der Waals surface area (Å²) in [5.41, 5.74) is 0.820. The second-order valence-corrected chi connectivity index (χ2v) is 6.36. The number of imide groups is 1. The monoisotopic (exact) mass is 359 g/mol. The van der Waals surface area contributed by atoms with Gasteiger partial charge in [-0.15, -0.1) is 0 Å². The van der Waals surface area contributed by atoms with E-state index in [0.717, 1.165) is 17.3 Å². The van der Waals surface area contributed by atoms with Crippen LogP contribution in [-0.4, -0.2) is 28.1 Å². The van der Waals surface area contributed by atoms with Gasteiger partial charge in [0.25, 0.3) is 5.24 Å². The minimum atomic E-state index is -0.464. The van der Waals surface area contributed by atoms with Crippen molar-refractivity contribution in [1.82, 2.24) is 5.32 Å². The van der Waals surface area contributed by atoms with Crippen molar-refractivity contribution in [3.63, 3.8) is 0 Å². The molecule has 2 N–H and O–H groups in total. The van der Waals surface area contributed by atoms with Crippen LogP contribution in [0.15, 0.2) is 16.6 Å². The Balaban J connectivity index is 2.32. The number of rotatable bonds is 4. The summed E-state index contributed by atoms with van der Waals surface area (Å²) in [7, 11) is 0. The third-order valence-corrected chi connectivity index (χ3v) is 4.85. The molecule has 20 heavy (non-hydrogen) atoms. The summed E-state index contributed by atoms with van der Waals surface area (Å²) in [5, 5.41) is 11.4. The first-order chi connectivity index (χ1) is 9.43. The standard InChI is InChI=1S/C13H14BrNO4S/c1-3-19-9-5-7(4-8(14)10(9)16)6(2)11-12(17)15-13(18)20-11/h4-6,11,16H,3H2,1-2H3,(H,15,17,18). The molecule has 1 saturated heterocycles. The molecule has 2 atom stereocenters. The molecule has 0 aliphatic carbocycles. The topological polar surface area (TPSA) is 75.6 Å². The highest BCUT2D eigenvalue weighted by Crippen LogP contribution is 2.40. The van der Waals surface area contributed by atoms with E-state index in [0.29, 0.717) is 16.8 Å². The van der Waals surface area contributed by atoms with E-state index in [-0.39, 0.29) is 22.8 Å². The van der Waals surface area contributed by atoms with E-state index < -0.39 is 5.25 Å². The Hall–Kier alpha value is -1.21. The van der Waals surface area contributed by atoms with Crippen LogP contribution < -0.4 is 10.1 Å². The SMILES string of the molecule is CCOc1cc(C(C)C2SC(=O)NC2=O)cc(Br)c1O. The number of phenolic OH excluding ortho intramolecular Hbond substituents is 1. The van der Waals surface area contributed by atoms with Gasteiger partial charge >= 0.3 is 0 Å². The van der Waals surface area contributed by atoms with Crippen molar-refractivity contribution in [1.29, 1.82) is 0 Å². The van der Waals surface area contributed by atoms with Crippen LogP contribution in [0.25, 0.3) is 0 Å². The van der Waals surface area contributed by atoms with Crippen molar-refractivity contribution < 1.29 is 19.4 Å². The Bertz CT molecular complexity index is 564. The van der Waals surface area contributed by atoms with Gasteiger partial charge in [-0.3, -0.25) is 14.9 Å². The molecule has 0 saturated carbocycles. The quantitative estimate of drug-likeness (QED) is 0.863. The van der Waals surface area contributed by atoms with Crippen molar-refractivity contribution in [3.8, 4) is 11.5 Å². The number of hydrogen-bond acceptors (Lipinski definition) is 5. The molecule has 5 nitrogen and oxygen atoms in total. The number of amides is 2. The van der Waals surface area contributed by atoms with Gasteiger partial charge in [0.1, 0.15) is 0 Å². The van der Waals surface area contributed by atoms with Crippen molar-refractivity contribution in [2.45, 2.75) is 25.0 Å². The average molecular weight is 360 g/mol. The van der Waals surface area contributed by atoms with Crippen LogP contribution >= 0.6 is 27.7 Å². The van der Waals surface area contributed by atoms with Gasteiger partial charge in [-0.2, -0.15) is 0 Å². The zero-order chi connectivity index (χ0) is 14.9. The highest BCUT2D eigenvalue weighted by Gasteiger charge is 2.36. The van der Waals surface area contributed by atoms with E-state index in [4.69, 9.17) is 4.74 Å². The normalized spacial score (nSPS) is 19.9. The molecule has 1 fully saturated rings. The summed E-state index contributed by atoms with van der Waals surface area (Å²) >= 11 is 4.25. The molecule has 108 valence electrons. The molecule has 0 spiro atoms. The first-order valence-electron chi connectivity index (χ1n) is 6.10. The second-order valence-electron chi connectivity index (χ2n) is 4.39. The third kappa shape index (κ3) is 2.93. The lowest BCUT2D eigenvalue weighted by Crippen LogP contribution is -2.27. The maximum absolute atomic E-state index is 11.7. The van der Waals surface area contributed by atoms with Crippen molar-refractivity contribution in [2.75, 3.05) is 6.61 Å². The number of carbonyl (C=O) groups is 2. The summed E-state index contributed by atoms with van der Waals surface area (Å²) in [4.78, 5) is 23.0. The Morgan fingerprint density at radius 1 is 1.50 bits per heavy atom. The van der Waals surface area contributed by atoms with Crippen LogP contribution in [-0.2, 0) is 4.79 Å². The molecular weight excluding hydrogens is 346 g/mol. The number of halogens is 1. The predicted molar refractivity (Wildman–Crippen MR) is 80.3 cm³/mol. The van der Waals surface area contributed by atoms with Crippen LogP contribution in [0.5, 0.6) is 11.5 Å². The van der Waals surface area contributed by atoms with E-state index in [1.54, 1.807) is 12.1 Å². The minimum Gasteiger partial charge on any atom is -0.503 e. The summed E-state index contributed by atoms with van der Waals surface area (Å²) in [6.45, 7) is 4.11. The summed E-state index contributed by atoms with van der Waals surface area (Å²) < 4.78 is 5.86. The molecule has 2 rings (SSSR count). The minimum absolute atomic E-state index is 0.0300.